The van der Waals surface area contributed by atoms with Gasteiger partial charge in [0.1, 0.15) is 0 Å². The minimum absolute atomic E-state index is 0.412. The second kappa shape index (κ2) is 4.49. The molecule has 0 amide bonds. The number of hydrogen-bond donors (Lipinski definition) is 2. The molecule has 0 saturated carbocycles. The monoisotopic (exact) mass is 170 g/mol. The second-order valence-electron chi connectivity index (χ2n) is 2.65. The molecule has 0 radical (unpaired) electrons. The lowest BCUT2D eigenvalue weighted by molar-refractivity contribution is 0.557. The molecule has 0 fully saturated rings. The number of nitrogens with two attached hydrogens (primary N) is 1. The average molecular weight is 170 g/mol. The van der Waals surface area contributed by atoms with Gasteiger partial charge in [-0.1, -0.05) is 0 Å². The molecular formula is C8H14N2S. The summed E-state index contributed by atoms with van der Waals surface area (Å²) >= 11 is 1.73. The van der Waals surface area contributed by atoms with E-state index in [9.17, 15) is 0 Å². The van der Waals surface area contributed by atoms with Gasteiger partial charge < -0.3 is 11.1 Å². The number of nitrogens with one attached hydrogen (secondary N) is 1. The van der Waals surface area contributed by atoms with Gasteiger partial charge >= 0.3 is 0 Å². The van der Waals surface area contributed by atoms with Crippen molar-refractivity contribution in [2.45, 2.75) is 19.5 Å². The van der Waals surface area contributed by atoms with E-state index in [1.807, 2.05) is 0 Å². The number of hydrogen-bond acceptors (Lipinski definition) is 3. The zero-order valence-electron chi connectivity index (χ0n) is 6.71. The minimum atomic E-state index is 0.412. The van der Waals surface area contributed by atoms with E-state index < -0.39 is 0 Å². The Morgan fingerprint density at radius 2 is 2.55 bits per heavy atom. The third-order valence-corrected chi connectivity index (χ3v) is 2.32. The molecule has 62 valence electrons. The summed E-state index contributed by atoms with van der Waals surface area (Å²) in [6.07, 6.45) is 0. The van der Waals surface area contributed by atoms with Gasteiger partial charge in [-0.15, -0.1) is 0 Å². The molecule has 1 unspecified atom stereocenters. The van der Waals surface area contributed by atoms with E-state index in [0.29, 0.717) is 12.6 Å². The average Bonchev–Trinajstić information content (AvgIpc) is 2.52. The van der Waals surface area contributed by atoms with Crippen LogP contribution in [0.1, 0.15) is 12.5 Å². The van der Waals surface area contributed by atoms with Crippen molar-refractivity contribution in [3.63, 3.8) is 0 Å². The van der Waals surface area contributed by atoms with Crippen LogP contribution in [0.25, 0.3) is 0 Å². The molecule has 1 aromatic heterocycles. The van der Waals surface area contributed by atoms with Crippen molar-refractivity contribution < 1.29 is 0 Å². The van der Waals surface area contributed by atoms with Crippen molar-refractivity contribution in [1.82, 2.24) is 5.32 Å². The van der Waals surface area contributed by atoms with Gasteiger partial charge in [0.15, 0.2) is 0 Å². The zero-order valence-corrected chi connectivity index (χ0v) is 7.53. The fourth-order valence-electron chi connectivity index (χ4n) is 0.769. The first kappa shape index (κ1) is 8.71. The van der Waals surface area contributed by atoms with Crippen LogP contribution in [0, 0.1) is 0 Å². The van der Waals surface area contributed by atoms with Gasteiger partial charge in [-0.25, -0.2) is 0 Å². The van der Waals surface area contributed by atoms with Crippen molar-refractivity contribution in [2.75, 3.05) is 6.54 Å². The Kier molecular flexibility index (Phi) is 3.56. The first-order valence-corrected chi connectivity index (χ1v) is 4.71. The molecule has 0 aliphatic carbocycles. The third kappa shape index (κ3) is 3.01. The molecule has 1 atom stereocenters. The highest BCUT2D eigenvalue weighted by Gasteiger charge is 1.97. The fourth-order valence-corrected chi connectivity index (χ4v) is 1.44. The summed E-state index contributed by atoms with van der Waals surface area (Å²) in [5, 5.41) is 7.55. The summed E-state index contributed by atoms with van der Waals surface area (Å²) in [7, 11) is 0. The lowest BCUT2D eigenvalue weighted by Gasteiger charge is -2.09. The highest BCUT2D eigenvalue weighted by atomic mass is 32.1. The number of rotatable bonds is 4. The molecule has 0 spiro atoms. The standard InChI is InChI=1S/C8H14N2S/c1-7(4-9)10-5-8-2-3-11-6-8/h2-3,6-7,10H,4-5,9H2,1H3. The smallest absolute Gasteiger partial charge is 0.0216 e. The summed E-state index contributed by atoms with van der Waals surface area (Å²) in [6.45, 7) is 3.72. The van der Waals surface area contributed by atoms with Crippen LogP contribution in [-0.2, 0) is 6.54 Å². The molecular weight excluding hydrogens is 156 g/mol. The van der Waals surface area contributed by atoms with Crippen LogP contribution in [0.5, 0.6) is 0 Å². The molecule has 11 heavy (non-hydrogen) atoms. The quantitative estimate of drug-likeness (QED) is 0.712. The van der Waals surface area contributed by atoms with E-state index in [1.165, 1.54) is 5.56 Å². The maximum Gasteiger partial charge on any atom is 0.0216 e. The van der Waals surface area contributed by atoms with Gasteiger partial charge in [0.2, 0.25) is 0 Å². The Bertz CT molecular complexity index is 184. The highest BCUT2D eigenvalue weighted by molar-refractivity contribution is 7.07. The van der Waals surface area contributed by atoms with E-state index in [-0.39, 0.29) is 0 Å². The van der Waals surface area contributed by atoms with E-state index in [2.05, 4.69) is 29.1 Å². The summed E-state index contributed by atoms with van der Waals surface area (Å²) in [4.78, 5) is 0. The van der Waals surface area contributed by atoms with Crippen LogP contribution >= 0.6 is 11.3 Å². The van der Waals surface area contributed by atoms with E-state index in [1.54, 1.807) is 11.3 Å². The van der Waals surface area contributed by atoms with Crippen LogP contribution in [0.3, 0.4) is 0 Å². The molecule has 0 aliphatic rings. The van der Waals surface area contributed by atoms with Gasteiger partial charge in [0.25, 0.3) is 0 Å². The molecule has 0 bridgehead atoms. The summed E-state index contributed by atoms with van der Waals surface area (Å²) in [5.41, 5.74) is 6.79. The van der Waals surface area contributed by atoms with Crippen molar-refractivity contribution in [3.8, 4) is 0 Å². The van der Waals surface area contributed by atoms with Crippen LogP contribution in [-0.4, -0.2) is 12.6 Å². The van der Waals surface area contributed by atoms with Crippen LogP contribution in [0.2, 0.25) is 0 Å². The largest absolute Gasteiger partial charge is 0.329 e. The fraction of sp³-hybridized carbons (Fsp3) is 0.500. The van der Waals surface area contributed by atoms with E-state index >= 15 is 0 Å². The first-order valence-electron chi connectivity index (χ1n) is 3.77. The van der Waals surface area contributed by atoms with Crippen LogP contribution in [0.4, 0.5) is 0 Å². The lowest BCUT2D eigenvalue weighted by Crippen LogP contribution is -2.32. The Morgan fingerprint density at radius 3 is 3.09 bits per heavy atom. The maximum atomic E-state index is 5.45. The molecule has 0 saturated heterocycles. The van der Waals surface area contributed by atoms with Crippen molar-refractivity contribution in [3.05, 3.63) is 22.4 Å². The molecule has 1 rings (SSSR count). The molecule has 2 nitrogen and oxygen atoms in total. The van der Waals surface area contributed by atoms with Gasteiger partial charge in [0, 0.05) is 19.1 Å². The van der Waals surface area contributed by atoms with Crippen LogP contribution < -0.4 is 11.1 Å². The molecule has 1 heterocycles. The minimum Gasteiger partial charge on any atom is -0.329 e. The maximum absolute atomic E-state index is 5.45. The van der Waals surface area contributed by atoms with Gasteiger partial charge in [-0.05, 0) is 29.3 Å². The van der Waals surface area contributed by atoms with Crippen LogP contribution in [0.15, 0.2) is 16.8 Å². The Morgan fingerprint density at radius 1 is 1.73 bits per heavy atom. The summed E-state index contributed by atoms with van der Waals surface area (Å²) in [6, 6.07) is 2.54. The normalized spacial score (nSPS) is 13.3. The summed E-state index contributed by atoms with van der Waals surface area (Å²) in [5.74, 6) is 0. The first-order chi connectivity index (χ1) is 5.33. The highest BCUT2D eigenvalue weighted by Crippen LogP contribution is 2.04. The Balaban J connectivity index is 2.23. The zero-order chi connectivity index (χ0) is 8.10. The molecule has 3 N–H and O–H groups in total. The SMILES string of the molecule is CC(CN)NCc1ccsc1. The van der Waals surface area contributed by atoms with Crippen molar-refractivity contribution in [1.29, 1.82) is 0 Å². The predicted octanol–water partition coefficient (Wildman–Crippen LogP) is 1.18. The molecule has 0 aromatic carbocycles. The van der Waals surface area contributed by atoms with Gasteiger partial charge in [-0.3, -0.25) is 0 Å². The molecule has 3 heteroatoms. The van der Waals surface area contributed by atoms with Crippen molar-refractivity contribution >= 4 is 11.3 Å². The lowest BCUT2D eigenvalue weighted by atomic mass is 10.3. The Labute approximate surface area is 71.4 Å². The molecule has 1 aromatic rings. The van der Waals surface area contributed by atoms with Gasteiger partial charge in [0.05, 0.1) is 0 Å². The Hall–Kier alpha value is -0.380. The van der Waals surface area contributed by atoms with E-state index in [4.69, 9.17) is 5.73 Å². The molecule has 0 aliphatic heterocycles. The predicted molar refractivity (Wildman–Crippen MR) is 49.7 cm³/mol. The number of thiophene rings is 1. The topological polar surface area (TPSA) is 38.0 Å². The van der Waals surface area contributed by atoms with E-state index in [0.717, 1.165) is 6.54 Å². The second-order valence-corrected chi connectivity index (χ2v) is 3.43. The van der Waals surface area contributed by atoms with Crippen molar-refractivity contribution in [2.24, 2.45) is 5.73 Å². The third-order valence-electron chi connectivity index (χ3n) is 1.59. The summed E-state index contributed by atoms with van der Waals surface area (Å²) < 4.78 is 0. The van der Waals surface area contributed by atoms with Gasteiger partial charge in [-0.2, -0.15) is 11.3 Å².